The van der Waals surface area contributed by atoms with Crippen LogP contribution in [0.1, 0.15) is 51.5 Å². The zero-order chi connectivity index (χ0) is 18.2. The maximum Gasteiger partial charge on any atom is 0.307 e. The largest absolute Gasteiger partial charge is 0.481 e. The highest BCUT2D eigenvalue weighted by molar-refractivity contribution is 5.78. The third kappa shape index (κ3) is 8.67. The summed E-state index contributed by atoms with van der Waals surface area (Å²) >= 11 is 0. The van der Waals surface area contributed by atoms with Gasteiger partial charge >= 0.3 is 11.9 Å². The van der Waals surface area contributed by atoms with E-state index in [9.17, 15) is 14.7 Å². The fourth-order valence-electron chi connectivity index (χ4n) is 2.04. The maximum absolute atomic E-state index is 11.8. The van der Waals surface area contributed by atoms with E-state index in [0.717, 1.165) is 6.42 Å². The minimum atomic E-state index is -1.05. The van der Waals surface area contributed by atoms with Crippen molar-refractivity contribution in [3.05, 3.63) is 17.5 Å². The Morgan fingerprint density at radius 1 is 1.29 bits per heavy atom. The Morgan fingerprint density at radius 2 is 1.96 bits per heavy atom. The van der Waals surface area contributed by atoms with Gasteiger partial charge in [0.2, 0.25) is 0 Å². The van der Waals surface area contributed by atoms with Crippen molar-refractivity contribution in [1.29, 1.82) is 0 Å². The van der Waals surface area contributed by atoms with Gasteiger partial charge in [-0.15, -0.1) is 0 Å². The highest BCUT2D eigenvalue weighted by atomic mass is 16.5. The number of aryl methyl sites for hydroxylation is 1. The number of rotatable bonds is 10. The molecule has 1 unspecified atom stereocenters. The van der Waals surface area contributed by atoms with Gasteiger partial charge in [0.1, 0.15) is 5.76 Å². The summed E-state index contributed by atoms with van der Waals surface area (Å²) in [5.41, 5.74) is 0.345. The summed E-state index contributed by atoms with van der Waals surface area (Å²) in [7, 11) is 0. The van der Waals surface area contributed by atoms with E-state index in [-0.39, 0.29) is 25.0 Å². The number of ether oxygens (including phenoxy) is 2. The van der Waals surface area contributed by atoms with Gasteiger partial charge in [0, 0.05) is 19.1 Å². The van der Waals surface area contributed by atoms with E-state index in [1.54, 1.807) is 13.0 Å². The summed E-state index contributed by atoms with van der Waals surface area (Å²) < 4.78 is 15.6. The van der Waals surface area contributed by atoms with Gasteiger partial charge in [0.15, 0.2) is 0 Å². The lowest BCUT2D eigenvalue weighted by Crippen LogP contribution is -2.22. The molecule has 1 heterocycles. The molecule has 7 nitrogen and oxygen atoms in total. The van der Waals surface area contributed by atoms with Crippen LogP contribution < -0.4 is 0 Å². The van der Waals surface area contributed by atoms with Gasteiger partial charge in [-0.2, -0.15) is 0 Å². The van der Waals surface area contributed by atoms with Gasteiger partial charge in [-0.25, -0.2) is 0 Å². The quantitative estimate of drug-likeness (QED) is 0.516. The van der Waals surface area contributed by atoms with Gasteiger partial charge in [-0.05, 0) is 40.5 Å². The summed E-state index contributed by atoms with van der Waals surface area (Å²) in [4.78, 5) is 23.1. The Morgan fingerprint density at radius 3 is 2.50 bits per heavy atom. The standard InChI is InChI=1S/C17H27NO6/c1-12-9-14(18-24-12)10-13(16(20)21)11-15(19)22-7-5-6-8-23-17(2,3)4/h9,13H,5-8,10-11H2,1-4H3,(H,20,21). The third-order valence-corrected chi connectivity index (χ3v) is 3.23. The number of carboxylic acids is 1. The molecule has 1 N–H and O–H groups in total. The Balaban J connectivity index is 2.27. The molecular weight excluding hydrogens is 314 g/mol. The number of aromatic nitrogens is 1. The molecule has 0 saturated heterocycles. The Kier molecular flexibility index (Phi) is 7.91. The lowest BCUT2D eigenvalue weighted by molar-refractivity contribution is -0.151. The van der Waals surface area contributed by atoms with E-state index in [4.69, 9.17) is 14.0 Å². The Hall–Kier alpha value is -1.89. The number of unbranched alkanes of at least 4 members (excludes halogenated alkanes) is 1. The Bertz CT molecular complexity index is 531. The number of carbonyl (C=O) groups is 2. The number of hydrogen-bond acceptors (Lipinski definition) is 6. The van der Waals surface area contributed by atoms with Crippen LogP contribution in [0.5, 0.6) is 0 Å². The van der Waals surface area contributed by atoms with Crippen molar-refractivity contribution in [2.75, 3.05) is 13.2 Å². The van der Waals surface area contributed by atoms with E-state index >= 15 is 0 Å². The van der Waals surface area contributed by atoms with E-state index in [0.29, 0.717) is 24.5 Å². The molecule has 1 atom stereocenters. The van der Waals surface area contributed by atoms with Crippen LogP contribution in [0.4, 0.5) is 0 Å². The average molecular weight is 341 g/mol. The molecule has 0 bridgehead atoms. The minimum absolute atomic E-state index is 0.140. The van der Waals surface area contributed by atoms with E-state index in [2.05, 4.69) is 5.16 Å². The van der Waals surface area contributed by atoms with Crippen molar-refractivity contribution in [2.45, 2.75) is 59.0 Å². The first-order valence-corrected chi connectivity index (χ1v) is 8.12. The predicted molar refractivity (Wildman–Crippen MR) is 86.6 cm³/mol. The molecule has 24 heavy (non-hydrogen) atoms. The van der Waals surface area contributed by atoms with Gasteiger partial charge in [0.25, 0.3) is 0 Å². The van der Waals surface area contributed by atoms with Crippen LogP contribution in [0.15, 0.2) is 10.6 Å². The average Bonchev–Trinajstić information content (AvgIpc) is 2.86. The molecule has 1 rings (SSSR count). The fraction of sp³-hybridized carbons (Fsp3) is 0.706. The van der Waals surface area contributed by atoms with Gasteiger partial charge in [-0.3, -0.25) is 9.59 Å². The smallest absolute Gasteiger partial charge is 0.307 e. The lowest BCUT2D eigenvalue weighted by atomic mass is 9.99. The number of nitrogens with zero attached hydrogens (tertiary/aromatic N) is 1. The zero-order valence-electron chi connectivity index (χ0n) is 14.8. The summed E-state index contributed by atoms with van der Waals surface area (Å²) in [5, 5.41) is 13.0. The van der Waals surface area contributed by atoms with Crippen LogP contribution in [0.2, 0.25) is 0 Å². The molecule has 0 saturated carbocycles. The molecule has 0 aromatic carbocycles. The highest BCUT2D eigenvalue weighted by Crippen LogP contribution is 2.14. The fourth-order valence-corrected chi connectivity index (χ4v) is 2.04. The Labute approximate surface area is 142 Å². The van der Waals surface area contributed by atoms with E-state index in [1.165, 1.54) is 0 Å². The maximum atomic E-state index is 11.8. The van der Waals surface area contributed by atoms with E-state index in [1.807, 2.05) is 20.8 Å². The first-order valence-electron chi connectivity index (χ1n) is 8.12. The van der Waals surface area contributed by atoms with Gasteiger partial charge in [0.05, 0.1) is 30.2 Å². The van der Waals surface area contributed by atoms with Crippen molar-refractivity contribution in [3.63, 3.8) is 0 Å². The molecule has 0 aliphatic heterocycles. The number of carboxylic acid groups (broad SMARTS) is 1. The molecule has 136 valence electrons. The lowest BCUT2D eigenvalue weighted by Gasteiger charge is -2.19. The van der Waals surface area contributed by atoms with Crippen LogP contribution in [0, 0.1) is 12.8 Å². The summed E-state index contributed by atoms with van der Waals surface area (Å²) in [5.74, 6) is -1.83. The van der Waals surface area contributed by atoms with Gasteiger partial charge < -0.3 is 19.1 Å². The van der Waals surface area contributed by atoms with Crippen molar-refractivity contribution >= 4 is 11.9 Å². The molecule has 1 aromatic rings. The molecule has 1 aromatic heterocycles. The molecule has 0 radical (unpaired) electrons. The number of aliphatic carboxylic acids is 1. The van der Waals surface area contributed by atoms with Crippen LogP contribution in [-0.2, 0) is 25.5 Å². The normalized spacial score (nSPS) is 12.8. The zero-order valence-corrected chi connectivity index (χ0v) is 14.8. The number of hydrogen-bond donors (Lipinski definition) is 1. The molecule has 0 aliphatic rings. The van der Waals surface area contributed by atoms with Crippen LogP contribution in [0.3, 0.4) is 0 Å². The molecule has 7 heteroatoms. The van der Waals surface area contributed by atoms with Crippen LogP contribution in [-0.4, -0.2) is 41.0 Å². The van der Waals surface area contributed by atoms with E-state index < -0.39 is 17.9 Å². The third-order valence-electron chi connectivity index (χ3n) is 3.23. The highest BCUT2D eigenvalue weighted by Gasteiger charge is 2.24. The van der Waals surface area contributed by atoms with Crippen LogP contribution in [0.25, 0.3) is 0 Å². The second kappa shape index (κ2) is 9.42. The monoisotopic (exact) mass is 341 g/mol. The predicted octanol–water partition coefficient (Wildman–Crippen LogP) is 2.75. The summed E-state index contributed by atoms with van der Waals surface area (Å²) in [6.45, 7) is 8.54. The first kappa shape index (κ1) is 20.2. The first-order chi connectivity index (χ1) is 11.2. The molecule has 0 fully saturated rings. The minimum Gasteiger partial charge on any atom is -0.481 e. The van der Waals surface area contributed by atoms with Crippen molar-refractivity contribution in [2.24, 2.45) is 5.92 Å². The molecule has 0 aliphatic carbocycles. The van der Waals surface area contributed by atoms with Crippen molar-refractivity contribution in [3.8, 4) is 0 Å². The molecule has 0 spiro atoms. The summed E-state index contributed by atoms with van der Waals surface area (Å²) in [6, 6.07) is 1.66. The number of esters is 1. The van der Waals surface area contributed by atoms with Crippen molar-refractivity contribution < 1.29 is 28.7 Å². The number of carbonyl (C=O) groups excluding carboxylic acids is 1. The van der Waals surface area contributed by atoms with Crippen molar-refractivity contribution in [1.82, 2.24) is 5.16 Å². The van der Waals surface area contributed by atoms with Gasteiger partial charge in [-0.1, -0.05) is 5.16 Å². The summed E-state index contributed by atoms with van der Waals surface area (Å²) in [6.07, 6.45) is 1.42. The molecular formula is C17H27NO6. The second-order valence-electron chi connectivity index (χ2n) is 6.76. The SMILES string of the molecule is Cc1cc(CC(CC(=O)OCCCCOC(C)(C)C)C(=O)O)no1. The van der Waals surface area contributed by atoms with Crippen LogP contribution >= 0.6 is 0 Å². The second-order valence-corrected chi connectivity index (χ2v) is 6.76. The topological polar surface area (TPSA) is 98.9 Å². The molecule has 0 amide bonds.